The standard InChI is InChI=1S/C13H21/c1-2-4-6-8-10-12-13-11-9-7-5-3-1/h1-4,13H,5-12H2. The molecule has 0 saturated carbocycles. The number of hydrogen-bond donors (Lipinski definition) is 0. The summed E-state index contributed by atoms with van der Waals surface area (Å²) >= 11 is 0. The molecular weight excluding hydrogens is 156 g/mol. The van der Waals surface area contributed by atoms with Gasteiger partial charge in [-0.05, 0) is 32.1 Å². The zero-order valence-electron chi connectivity index (χ0n) is 8.54. The SMILES string of the molecule is [CH]1CCCCC=CC=CCCCC1. The molecule has 0 N–H and O–H groups in total. The van der Waals surface area contributed by atoms with Gasteiger partial charge >= 0.3 is 0 Å². The van der Waals surface area contributed by atoms with E-state index in [9.17, 15) is 0 Å². The van der Waals surface area contributed by atoms with Crippen LogP contribution in [-0.4, -0.2) is 0 Å². The van der Waals surface area contributed by atoms with Crippen LogP contribution in [0.1, 0.15) is 51.4 Å². The first kappa shape index (κ1) is 10.6. The highest BCUT2D eigenvalue weighted by atomic mass is 14.0. The molecule has 0 heterocycles. The summed E-state index contributed by atoms with van der Waals surface area (Å²) in [6.07, 6.45) is 22.0. The van der Waals surface area contributed by atoms with Gasteiger partial charge in [0.25, 0.3) is 0 Å². The molecule has 1 rings (SSSR count). The smallest absolute Gasteiger partial charge is 0.0348 e. The van der Waals surface area contributed by atoms with Crippen LogP contribution in [0.5, 0.6) is 0 Å². The predicted molar refractivity (Wildman–Crippen MR) is 59.5 cm³/mol. The van der Waals surface area contributed by atoms with E-state index in [1.807, 2.05) is 0 Å². The highest BCUT2D eigenvalue weighted by Gasteiger charge is 1.91. The Bertz CT molecular complexity index is 135. The van der Waals surface area contributed by atoms with E-state index in [-0.39, 0.29) is 0 Å². The van der Waals surface area contributed by atoms with Crippen molar-refractivity contribution in [1.82, 2.24) is 0 Å². The molecule has 73 valence electrons. The molecule has 1 aliphatic carbocycles. The highest BCUT2D eigenvalue weighted by molar-refractivity contribution is 5.02. The van der Waals surface area contributed by atoms with E-state index in [2.05, 4.69) is 30.7 Å². The quantitative estimate of drug-likeness (QED) is 0.513. The monoisotopic (exact) mass is 177 g/mol. The fourth-order valence-corrected chi connectivity index (χ4v) is 1.60. The average molecular weight is 177 g/mol. The Morgan fingerprint density at radius 2 is 1.00 bits per heavy atom. The first-order chi connectivity index (χ1) is 6.50. The summed E-state index contributed by atoms with van der Waals surface area (Å²) in [7, 11) is 0. The molecule has 1 aliphatic rings. The predicted octanol–water partition coefficient (Wildman–Crippen LogP) is 4.44. The minimum Gasteiger partial charge on any atom is -0.0845 e. The van der Waals surface area contributed by atoms with Crippen molar-refractivity contribution >= 4 is 0 Å². The van der Waals surface area contributed by atoms with Gasteiger partial charge in [-0.25, -0.2) is 0 Å². The van der Waals surface area contributed by atoms with Gasteiger partial charge in [-0.15, -0.1) is 0 Å². The van der Waals surface area contributed by atoms with Crippen LogP contribution >= 0.6 is 0 Å². The van der Waals surface area contributed by atoms with Crippen molar-refractivity contribution in [3.8, 4) is 0 Å². The van der Waals surface area contributed by atoms with Gasteiger partial charge in [0.15, 0.2) is 0 Å². The van der Waals surface area contributed by atoms with Crippen LogP contribution in [0.4, 0.5) is 0 Å². The molecule has 1 radical (unpaired) electrons. The third-order valence-electron chi connectivity index (χ3n) is 2.44. The van der Waals surface area contributed by atoms with E-state index >= 15 is 0 Å². The van der Waals surface area contributed by atoms with Crippen LogP contribution in [0, 0.1) is 6.42 Å². The zero-order valence-corrected chi connectivity index (χ0v) is 8.54. The molecule has 0 bridgehead atoms. The summed E-state index contributed by atoms with van der Waals surface area (Å²) in [6.45, 7) is 0. The Morgan fingerprint density at radius 3 is 1.54 bits per heavy atom. The van der Waals surface area contributed by atoms with Gasteiger partial charge in [0, 0.05) is 0 Å². The van der Waals surface area contributed by atoms with Crippen LogP contribution < -0.4 is 0 Å². The van der Waals surface area contributed by atoms with Crippen LogP contribution in [0.2, 0.25) is 0 Å². The fourth-order valence-electron chi connectivity index (χ4n) is 1.60. The Kier molecular flexibility index (Phi) is 6.58. The lowest BCUT2D eigenvalue weighted by molar-refractivity contribution is 0.676. The Labute approximate surface area is 82.7 Å². The van der Waals surface area contributed by atoms with Crippen LogP contribution in [0.15, 0.2) is 24.3 Å². The van der Waals surface area contributed by atoms with Crippen molar-refractivity contribution in [2.45, 2.75) is 51.4 Å². The second-order valence-corrected chi connectivity index (χ2v) is 3.71. The summed E-state index contributed by atoms with van der Waals surface area (Å²) < 4.78 is 0. The third kappa shape index (κ3) is 6.62. The first-order valence-corrected chi connectivity index (χ1v) is 5.63. The van der Waals surface area contributed by atoms with E-state index in [4.69, 9.17) is 0 Å². The Morgan fingerprint density at radius 1 is 0.538 bits per heavy atom. The second kappa shape index (κ2) is 8.10. The van der Waals surface area contributed by atoms with Crippen LogP contribution in [-0.2, 0) is 0 Å². The Hall–Kier alpha value is -0.520. The van der Waals surface area contributed by atoms with Crippen molar-refractivity contribution in [2.75, 3.05) is 0 Å². The van der Waals surface area contributed by atoms with Crippen molar-refractivity contribution in [2.24, 2.45) is 0 Å². The normalized spacial score (nSPS) is 21.5. The minimum absolute atomic E-state index is 1.25. The lowest BCUT2D eigenvalue weighted by Gasteiger charge is -1.98. The summed E-state index contributed by atoms with van der Waals surface area (Å²) in [6, 6.07) is 0. The molecule has 0 unspecified atom stereocenters. The van der Waals surface area contributed by atoms with Crippen molar-refractivity contribution in [1.29, 1.82) is 0 Å². The third-order valence-corrected chi connectivity index (χ3v) is 2.44. The maximum absolute atomic E-state index is 2.46. The maximum atomic E-state index is 2.46. The van der Waals surface area contributed by atoms with E-state index < -0.39 is 0 Å². The second-order valence-electron chi connectivity index (χ2n) is 3.71. The van der Waals surface area contributed by atoms with E-state index in [1.54, 1.807) is 0 Å². The van der Waals surface area contributed by atoms with Crippen molar-refractivity contribution in [3.05, 3.63) is 30.7 Å². The number of allylic oxidation sites excluding steroid dienone is 4. The molecule has 0 aromatic heterocycles. The average Bonchev–Trinajstić information content (AvgIpc) is 2.18. The Balaban J connectivity index is 2.18. The summed E-state index contributed by atoms with van der Waals surface area (Å²) in [5.74, 6) is 0. The largest absolute Gasteiger partial charge is 0.0845 e. The zero-order chi connectivity index (χ0) is 9.19. The lowest BCUT2D eigenvalue weighted by Crippen LogP contribution is -1.80. The molecular formula is C13H21. The van der Waals surface area contributed by atoms with Gasteiger partial charge in [0.05, 0.1) is 0 Å². The number of rotatable bonds is 0. The van der Waals surface area contributed by atoms with E-state index in [0.717, 1.165) is 0 Å². The molecule has 0 spiro atoms. The molecule has 0 amide bonds. The van der Waals surface area contributed by atoms with Crippen LogP contribution in [0.25, 0.3) is 0 Å². The molecule has 0 nitrogen and oxygen atoms in total. The van der Waals surface area contributed by atoms with Gasteiger partial charge in [-0.3, -0.25) is 0 Å². The first-order valence-electron chi connectivity index (χ1n) is 5.63. The molecule has 0 saturated heterocycles. The van der Waals surface area contributed by atoms with Crippen LogP contribution in [0.3, 0.4) is 0 Å². The molecule has 0 aromatic carbocycles. The highest BCUT2D eigenvalue weighted by Crippen LogP contribution is 2.10. The molecule has 0 aliphatic heterocycles. The molecule has 0 fully saturated rings. The van der Waals surface area contributed by atoms with Crippen molar-refractivity contribution in [3.63, 3.8) is 0 Å². The van der Waals surface area contributed by atoms with E-state index in [0.29, 0.717) is 0 Å². The van der Waals surface area contributed by atoms with Crippen molar-refractivity contribution < 1.29 is 0 Å². The topological polar surface area (TPSA) is 0 Å². The summed E-state index contributed by atoms with van der Waals surface area (Å²) in [4.78, 5) is 0. The molecule has 0 atom stereocenters. The fraction of sp³-hybridized carbons (Fsp3) is 0.615. The van der Waals surface area contributed by atoms with Gasteiger partial charge in [0.2, 0.25) is 0 Å². The number of hydrogen-bond acceptors (Lipinski definition) is 0. The minimum atomic E-state index is 1.25. The van der Waals surface area contributed by atoms with Gasteiger partial charge in [0.1, 0.15) is 0 Å². The summed E-state index contributed by atoms with van der Waals surface area (Å²) in [5, 5.41) is 0. The molecule has 13 heavy (non-hydrogen) atoms. The van der Waals surface area contributed by atoms with E-state index in [1.165, 1.54) is 51.4 Å². The van der Waals surface area contributed by atoms with Gasteiger partial charge in [-0.2, -0.15) is 0 Å². The molecule has 0 heteroatoms. The summed E-state index contributed by atoms with van der Waals surface area (Å²) in [5.41, 5.74) is 0. The maximum Gasteiger partial charge on any atom is -0.0348 e. The molecule has 0 aromatic rings. The van der Waals surface area contributed by atoms with Gasteiger partial charge < -0.3 is 0 Å². The van der Waals surface area contributed by atoms with Gasteiger partial charge in [-0.1, -0.05) is 50.0 Å². The lowest BCUT2D eigenvalue weighted by atomic mass is 10.1.